The van der Waals surface area contributed by atoms with Gasteiger partial charge in [0.2, 0.25) is 0 Å². The van der Waals surface area contributed by atoms with Gasteiger partial charge < -0.3 is 9.80 Å². The molecule has 1 aromatic heterocycles. The zero-order valence-corrected chi connectivity index (χ0v) is 45.0. The van der Waals surface area contributed by atoms with Gasteiger partial charge in [0, 0.05) is 31.3 Å². The Hall–Kier alpha value is -2.03. The van der Waals surface area contributed by atoms with Gasteiger partial charge in [0.1, 0.15) is 5.82 Å². The number of rotatable bonds is 36. The molecule has 2 N–H and O–H groups in total. The van der Waals surface area contributed by atoms with Gasteiger partial charge in [-0.15, -0.1) is 0 Å². The molecule has 2 heterocycles. The van der Waals surface area contributed by atoms with Crippen LogP contribution in [0.2, 0.25) is 20.1 Å². The Morgan fingerprint density at radius 1 is 0.507 bits per heavy atom. The number of fused-ring (bicyclic) bond motifs is 2. The van der Waals surface area contributed by atoms with Crippen molar-refractivity contribution in [2.75, 3.05) is 34.4 Å². The number of allylic oxidation sites excluding steroid dienone is 2. The molecular formula is C51H79Cl4N4O6S2+. The van der Waals surface area contributed by atoms with Crippen LogP contribution in [0.3, 0.4) is 0 Å². The van der Waals surface area contributed by atoms with Crippen molar-refractivity contribution in [3.8, 4) is 0 Å². The number of unbranched alkanes of at least 4 members (excludes halogenated alkanes) is 22. The molecule has 10 nitrogen and oxygen atoms in total. The quantitative estimate of drug-likeness (QED) is 0.0335. The number of anilines is 2. The summed E-state index contributed by atoms with van der Waals surface area (Å²) in [6.07, 6.45) is 35.1. The summed E-state index contributed by atoms with van der Waals surface area (Å²) >= 11 is 26.6. The standard InChI is InChI=1S/C51H78Cl4N4O6S2/c1-3-5-7-9-11-12-13-14-15-16-17-18-19-20-22-24-33-57-47-39-43(53)45(55)41-49(47)59(35-26-28-37-67(63,64)65)51(57)31-29-30-50-56(32-23-21-10-8-6-4-2)46-38-42(52)44(54)40-48(46)58(50)34-25-27-36-66(60,61)62/h29-31,38-41H,3-28,32-37H2,1-2H3,(H-,60,61,62,63,64,65)/p+1. The van der Waals surface area contributed by atoms with Crippen molar-refractivity contribution in [3.63, 3.8) is 0 Å². The van der Waals surface area contributed by atoms with E-state index in [1.54, 1.807) is 0 Å². The molecule has 67 heavy (non-hydrogen) atoms. The van der Waals surface area contributed by atoms with E-state index in [9.17, 15) is 25.9 Å². The lowest BCUT2D eigenvalue weighted by Crippen LogP contribution is -2.36. The van der Waals surface area contributed by atoms with E-state index in [0.29, 0.717) is 46.0 Å². The fourth-order valence-electron chi connectivity index (χ4n) is 9.20. The second kappa shape index (κ2) is 30.7. The van der Waals surface area contributed by atoms with Crippen molar-refractivity contribution < 1.29 is 30.5 Å². The van der Waals surface area contributed by atoms with Gasteiger partial charge in [-0.05, 0) is 63.2 Å². The SMILES string of the molecule is CCCCCCCCCCCCCCCCCC[n+]1c(C=CC=C2N(CCCCCCCC)c3cc(Cl)c(Cl)cc3N2CCCCS(=O)(=O)O)n(CCCCS(=O)(=O)O)c2cc(Cl)c(Cl)cc21. The third-order valence-electron chi connectivity index (χ3n) is 12.8. The zero-order valence-electron chi connectivity index (χ0n) is 40.3. The molecule has 0 radical (unpaired) electrons. The van der Waals surface area contributed by atoms with Gasteiger partial charge in [0.15, 0.2) is 11.0 Å². The van der Waals surface area contributed by atoms with Gasteiger partial charge in [-0.1, -0.05) is 188 Å². The van der Waals surface area contributed by atoms with Crippen LogP contribution in [0.4, 0.5) is 11.4 Å². The normalized spacial score (nSPS) is 13.9. The first-order chi connectivity index (χ1) is 32.1. The molecule has 0 spiro atoms. The molecule has 1 aliphatic heterocycles. The summed E-state index contributed by atoms with van der Waals surface area (Å²) in [7, 11) is -8.21. The lowest BCUT2D eigenvalue weighted by Gasteiger charge is -2.25. The third-order valence-corrected chi connectivity index (χ3v) is 15.9. The van der Waals surface area contributed by atoms with Crippen molar-refractivity contribution in [1.82, 2.24) is 4.57 Å². The number of hydrogen-bond donors (Lipinski definition) is 2. The summed E-state index contributed by atoms with van der Waals surface area (Å²) < 4.78 is 70.0. The Morgan fingerprint density at radius 3 is 1.36 bits per heavy atom. The molecule has 0 unspecified atom stereocenters. The highest BCUT2D eigenvalue weighted by molar-refractivity contribution is 7.86. The lowest BCUT2D eigenvalue weighted by atomic mass is 10.0. The molecule has 0 saturated heterocycles. The Bertz CT molecular complexity index is 2250. The maximum absolute atomic E-state index is 11.7. The maximum Gasteiger partial charge on any atom is 0.282 e. The molecule has 0 amide bonds. The van der Waals surface area contributed by atoms with E-state index in [1.165, 1.54) is 109 Å². The largest absolute Gasteiger partial charge is 0.326 e. The highest BCUT2D eigenvalue weighted by atomic mass is 35.5. The minimum absolute atomic E-state index is 0.286. The first-order valence-electron chi connectivity index (χ1n) is 25.4. The van der Waals surface area contributed by atoms with E-state index in [2.05, 4.69) is 44.9 Å². The van der Waals surface area contributed by atoms with Crippen LogP contribution in [0, 0.1) is 0 Å². The molecule has 0 bridgehead atoms. The van der Waals surface area contributed by atoms with Crippen molar-refractivity contribution in [2.24, 2.45) is 0 Å². The zero-order chi connectivity index (χ0) is 48.7. The van der Waals surface area contributed by atoms with Crippen LogP contribution in [0.5, 0.6) is 0 Å². The number of nitrogens with zero attached hydrogens (tertiary/aromatic N) is 4. The molecule has 0 aliphatic carbocycles. The van der Waals surface area contributed by atoms with Gasteiger partial charge in [-0.25, -0.2) is 9.13 Å². The Kier molecular flexibility index (Phi) is 26.3. The molecule has 1 aliphatic rings. The van der Waals surface area contributed by atoms with E-state index in [4.69, 9.17) is 46.4 Å². The van der Waals surface area contributed by atoms with Crippen LogP contribution in [0.1, 0.15) is 187 Å². The van der Waals surface area contributed by atoms with Crippen LogP contribution in [-0.4, -0.2) is 55.1 Å². The highest BCUT2D eigenvalue weighted by Crippen LogP contribution is 2.46. The van der Waals surface area contributed by atoms with Gasteiger partial charge in [0.05, 0.1) is 56.1 Å². The molecule has 4 rings (SSSR count). The number of aromatic nitrogens is 2. The third kappa shape index (κ3) is 20.3. The molecule has 0 atom stereocenters. The number of halogens is 4. The first kappa shape index (κ1) is 57.5. The number of imidazole rings is 1. The van der Waals surface area contributed by atoms with Crippen LogP contribution in [-0.2, 0) is 33.3 Å². The van der Waals surface area contributed by atoms with E-state index in [-0.39, 0.29) is 24.3 Å². The second-order valence-corrected chi connectivity index (χ2v) is 23.2. The van der Waals surface area contributed by atoms with Crippen molar-refractivity contribution in [2.45, 2.75) is 194 Å². The monoisotopic (exact) mass is 1050 g/mol. The maximum atomic E-state index is 11.7. The van der Waals surface area contributed by atoms with Crippen LogP contribution < -0.4 is 14.4 Å². The predicted molar refractivity (Wildman–Crippen MR) is 285 cm³/mol. The minimum Gasteiger partial charge on any atom is -0.326 e. The van der Waals surface area contributed by atoms with E-state index < -0.39 is 20.2 Å². The van der Waals surface area contributed by atoms with Crippen LogP contribution in [0.25, 0.3) is 17.1 Å². The van der Waals surface area contributed by atoms with Gasteiger partial charge in [-0.2, -0.15) is 16.8 Å². The fourth-order valence-corrected chi connectivity index (χ4v) is 11.0. The summed E-state index contributed by atoms with van der Waals surface area (Å²) in [4.78, 5) is 4.41. The summed E-state index contributed by atoms with van der Waals surface area (Å²) in [6, 6.07) is 7.55. The van der Waals surface area contributed by atoms with Crippen LogP contribution >= 0.6 is 46.4 Å². The Labute approximate surface area is 423 Å². The minimum atomic E-state index is -4.11. The molecule has 16 heteroatoms. The summed E-state index contributed by atoms with van der Waals surface area (Å²) in [5.74, 6) is 1.16. The van der Waals surface area contributed by atoms with Crippen LogP contribution in [0.15, 0.2) is 42.2 Å². The Balaban J connectivity index is 1.59. The Morgan fingerprint density at radius 2 is 0.896 bits per heavy atom. The first-order valence-corrected chi connectivity index (χ1v) is 30.1. The molecule has 2 aromatic carbocycles. The molecule has 0 saturated carbocycles. The fraction of sp³-hybridized carbons (Fsp3) is 0.667. The van der Waals surface area contributed by atoms with Gasteiger partial charge >= 0.3 is 0 Å². The molecule has 0 fully saturated rings. The summed E-state index contributed by atoms with van der Waals surface area (Å²) in [5, 5.41) is 1.74. The van der Waals surface area contributed by atoms with E-state index in [1.807, 2.05) is 30.3 Å². The van der Waals surface area contributed by atoms with E-state index in [0.717, 1.165) is 79.2 Å². The topological polar surface area (TPSA) is 124 Å². The highest BCUT2D eigenvalue weighted by Gasteiger charge is 2.32. The second-order valence-electron chi connectivity index (χ2n) is 18.4. The predicted octanol–water partition coefficient (Wildman–Crippen LogP) is 15.7. The molecule has 378 valence electrons. The lowest BCUT2D eigenvalue weighted by molar-refractivity contribution is -0.674. The molecule has 3 aromatic rings. The number of hydrogen-bond acceptors (Lipinski definition) is 6. The number of benzene rings is 2. The average Bonchev–Trinajstić information content (AvgIpc) is 3.70. The number of aryl methyl sites for hydroxylation is 2. The van der Waals surface area contributed by atoms with Gasteiger partial charge in [-0.3, -0.25) is 9.11 Å². The van der Waals surface area contributed by atoms with Gasteiger partial charge in [0.25, 0.3) is 26.1 Å². The van der Waals surface area contributed by atoms with Crippen molar-refractivity contribution in [3.05, 3.63) is 68.2 Å². The van der Waals surface area contributed by atoms with E-state index >= 15 is 0 Å². The average molecular weight is 1050 g/mol. The smallest absolute Gasteiger partial charge is 0.282 e. The van der Waals surface area contributed by atoms with Crippen molar-refractivity contribution >= 4 is 95.1 Å². The summed E-state index contributed by atoms with van der Waals surface area (Å²) in [6.45, 7) is 6.93. The van der Waals surface area contributed by atoms with Crippen molar-refractivity contribution in [1.29, 1.82) is 0 Å². The molecular weight excluding hydrogens is 971 g/mol. The summed E-state index contributed by atoms with van der Waals surface area (Å²) in [5.41, 5.74) is 3.61.